The van der Waals surface area contributed by atoms with Crippen molar-refractivity contribution in [1.82, 2.24) is 0 Å². The maximum atomic E-state index is 5.93. The number of unbranched alkanes of at least 4 members (excludes halogenated alkanes) is 4. The zero-order chi connectivity index (χ0) is 17.9. The van der Waals surface area contributed by atoms with Crippen LogP contribution in [0.4, 0.5) is 0 Å². The second-order valence-electron chi connectivity index (χ2n) is 6.13. The fraction of sp³-hybridized carbons (Fsp3) is 0.524. The van der Waals surface area contributed by atoms with Crippen molar-refractivity contribution in [2.24, 2.45) is 0 Å². The van der Waals surface area contributed by atoms with Gasteiger partial charge in [-0.1, -0.05) is 41.8 Å². The molecule has 2 aromatic carbocycles. The summed E-state index contributed by atoms with van der Waals surface area (Å²) in [7, 11) is 1.70. The number of hydrogen-bond donors (Lipinski definition) is 0. The van der Waals surface area contributed by atoms with E-state index in [1.54, 1.807) is 7.11 Å². The van der Waals surface area contributed by atoms with Gasteiger partial charge < -0.3 is 14.2 Å². The van der Waals surface area contributed by atoms with Crippen molar-refractivity contribution in [3.8, 4) is 17.2 Å². The lowest BCUT2D eigenvalue weighted by molar-refractivity contribution is 0.287. The van der Waals surface area contributed by atoms with Crippen LogP contribution in [0, 0.1) is 0 Å². The minimum atomic E-state index is 0.716. The first kappa shape index (κ1) is 19.9. The van der Waals surface area contributed by atoms with Crippen LogP contribution in [0.25, 0.3) is 10.8 Å². The van der Waals surface area contributed by atoms with E-state index in [0.717, 1.165) is 52.8 Å². The Labute approximate surface area is 159 Å². The average Bonchev–Trinajstić information content (AvgIpc) is 2.64. The van der Waals surface area contributed by atoms with Gasteiger partial charge in [-0.2, -0.15) is 0 Å². The highest BCUT2D eigenvalue weighted by molar-refractivity contribution is 9.09. The number of halogens is 1. The van der Waals surface area contributed by atoms with Crippen molar-refractivity contribution in [2.75, 3.05) is 25.7 Å². The molecule has 0 heterocycles. The van der Waals surface area contributed by atoms with Gasteiger partial charge in [0.05, 0.1) is 20.3 Å². The zero-order valence-corrected chi connectivity index (χ0v) is 16.9. The van der Waals surface area contributed by atoms with E-state index in [-0.39, 0.29) is 0 Å². The lowest BCUT2D eigenvalue weighted by Crippen LogP contribution is -2.00. The summed E-state index contributed by atoms with van der Waals surface area (Å²) in [4.78, 5) is 0. The van der Waals surface area contributed by atoms with Gasteiger partial charge in [0.1, 0.15) is 5.75 Å². The Morgan fingerprint density at radius 2 is 1.68 bits per heavy atom. The summed E-state index contributed by atoms with van der Waals surface area (Å²) in [6.07, 6.45) is 6.91. The summed E-state index contributed by atoms with van der Waals surface area (Å²) in [5.74, 6) is 2.52. The van der Waals surface area contributed by atoms with E-state index in [2.05, 4.69) is 41.1 Å². The molecule has 25 heavy (non-hydrogen) atoms. The van der Waals surface area contributed by atoms with Crippen molar-refractivity contribution < 1.29 is 14.2 Å². The summed E-state index contributed by atoms with van der Waals surface area (Å²) >= 11 is 3.45. The van der Waals surface area contributed by atoms with Gasteiger partial charge in [-0.05, 0) is 55.3 Å². The molecule has 0 bridgehead atoms. The molecule has 0 aromatic heterocycles. The van der Waals surface area contributed by atoms with Crippen LogP contribution in [0.1, 0.15) is 45.4 Å². The third kappa shape index (κ3) is 6.10. The Kier molecular flexibility index (Phi) is 8.95. The fourth-order valence-electron chi connectivity index (χ4n) is 2.77. The summed E-state index contributed by atoms with van der Waals surface area (Å²) in [6.45, 7) is 3.68. The average molecular weight is 409 g/mol. The largest absolute Gasteiger partial charge is 0.494 e. The second kappa shape index (κ2) is 11.2. The molecular weight excluding hydrogens is 380 g/mol. The molecule has 0 N–H and O–H groups in total. The van der Waals surface area contributed by atoms with Gasteiger partial charge in [0.25, 0.3) is 0 Å². The fourth-order valence-corrected chi connectivity index (χ4v) is 3.17. The quantitative estimate of drug-likeness (QED) is 0.302. The van der Waals surface area contributed by atoms with Crippen molar-refractivity contribution in [1.29, 1.82) is 0 Å². The molecule has 0 amide bonds. The molecule has 0 aliphatic heterocycles. The number of benzene rings is 2. The third-order valence-corrected chi connectivity index (χ3v) is 4.72. The highest BCUT2D eigenvalue weighted by Crippen LogP contribution is 2.37. The van der Waals surface area contributed by atoms with Gasteiger partial charge >= 0.3 is 0 Å². The molecule has 0 fully saturated rings. The molecule has 0 unspecified atom stereocenters. The molecule has 0 spiro atoms. The van der Waals surface area contributed by atoms with Crippen LogP contribution in [-0.4, -0.2) is 25.7 Å². The topological polar surface area (TPSA) is 27.7 Å². The van der Waals surface area contributed by atoms with E-state index in [4.69, 9.17) is 14.2 Å². The Morgan fingerprint density at radius 1 is 0.880 bits per heavy atom. The Balaban J connectivity index is 2.05. The van der Waals surface area contributed by atoms with Crippen molar-refractivity contribution in [3.05, 3.63) is 30.3 Å². The third-order valence-electron chi connectivity index (χ3n) is 4.16. The van der Waals surface area contributed by atoms with E-state index >= 15 is 0 Å². The number of rotatable bonds is 12. The second-order valence-corrected chi connectivity index (χ2v) is 6.93. The zero-order valence-electron chi connectivity index (χ0n) is 15.4. The molecule has 0 radical (unpaired) electrons. The summed E-state index contributed by atoms with van der Waals surface area (Å²) in [5.41, 5.74) is 0. The minimum Gasteiger partial charge on any atom is -0.494 e. The maximum absolute atomic E-state index is 5.93. The molecule has 4 heteroatoms. The molecular formula is C21H29BrO3. The van der Waals surface area contributed by atoms with Gasteiger partial charge in [-0.25, -0.2) is 0 Å². The maximum Gasteiger partial charge on any atom is 0.168 e. The minimum absolute atomic E-state index is 0.716. The molecule has 138 valence electrons. The van der Waals surface area contributed by atoms with Gasteiger partial charge in [0.2, 0.25) is 0 Å². The van der Waals surface area contributed by atoms with Crippen LogP contribution in [-0.2, 0) is 0 Å². The first-order chi connectivity index (χ1) is 12.3. The highest BCUT2D eigenvalue weighted by atomic mass is 79.9. The number of alkyl halides is 1. The lowest BCUT2D eigenvalue weighted by Gasteiger charge is -2.14. The summed E-state index contributed by atoms with van der Waals surface area (Å²) in [5, 5.41) is 3.22. The van der Waals surface area contributed by atoms with Crippen LogP contribution in [0.5, 0.6) is 17.2 Å². The predicted molar refractivity (Wildman–Crippen MR) is 109 cm³/mol. The van der Waals surface area contributed by atoms with E-state index in [0.29, 0.717) is 6.61 Å². The van der Waals surface area contributed by atoms with Crippen molar-refractivity contribution >= 4 is 26.7 Å². The van der Waals surface area contributed by atoms with Crippen LogP contribution in [0.3, 0.4) is 0 Å². The summed E-state index contributed by atoms with van der Waals surface area (Å²) in [6, 6.07) is 10.2. The first-order valence-corrected chi connectivity index (χ1v) is 10.3. The highest BCUT2D eigenvalue weighted by Gasteiger charge is 2.10. The smallest absolute Gasteiger partial charge is 0.168 e. The number of fused-ring (bicyclic) bond motifs is 1. The molecule has 0 saturated heterocycles. The number of methoxy groups -OCH3 is 1. The first-order valence-electron chi connectivity index (χ1n) is 9.22. The van der Waals surface area contributed by atoms with E-state index in [9.17, 15) is 0 Å². The molecule has 0 aliphatic carbocycles. The standard InChI is InChI=1S/C21H29BrO3/c1-3-4-7-14-24-18-10-11-19-17(16-18)9-12-20(21(19)23-2)25-15-8-5-6-13-22/h9-12,16H,3-8,13-15H2,1-2H3. The lowest BCUT2D eigenvalue weighted by atomic mass is 10.1. The van der Waals surface area contributed by atoms with Crippen molar-refractivity contribution in [2.45, 2.75) is 45.4 Å². The molecule has 2 aromatic rings. The number of hydrogen-bond acceptors (Lipinski definition) is 3. The normalized spacial score (nSPS) is 10.8. The Hall–Kier alpha value is -1.42. The number of ether oxygens (including phenoxy) is 3. The van der Waals surface area contributed by atoms with E-state index in [1.807, 2.05) is 12.1 Å². The van der Waals surface area contributed by atoms with E-state index < -0.39 is 0 Å². The van der Waals surface area contributed by atoms with Gasteiger partial charge in [-0.15, -0.1) is 0 Å². The molecule has 3 nitrogen and oxygen atoms in total. The van der Waals surface area contributed by atoms with Gasteiger partial charge in [0, 0.05) is 10.7 Å². The van der Waals surface area contributed by atoms with Gasteiger partial charge in [-0.3, -0.25) is 0 Å². The molecule has 0 saturated carbocycles. The van der Waals surface area contributed by atoms with Gasteiger partial charge in [0.15, 0.2) is 11.5 Å². The van der Waals surface area contributed by atoms with Crippen LogP contribution in [0.2, 0.25) is 0 Å². The molecule has 0 atom stereocenters. The molecule has 0 aliphatic rings. The SMILES string of the molecule is CCCCCOc1ccc2c(OC)c(OCCCCCBr)ccc2c1. The van der Waals surface area contributed by atoms with E-state index in [1.165, 1.54) is 25.7 Å². The van der Waals surface area contributed by atoms with Crippen LogP contribution >= 0.6 is 15.9 Å². The Morgan fingerprint density at radius 3 is 2.44 bits per heavy atom. The summed E-state index contributed by atoms with van der Waals surface area (Å²) < 4.78 is 17.4. The monoisotopic (exact) mass is 408 g/mol. The molecule has 2 rings (SSSR count). The van der Waals surface area contributed by atoms with Crippen LogP contribution < -0.4 is 14.2 Å². The predicted octanol–water partition coefficient (Wildman–Crippen LogP) is 6.36. The Bertz CT molecular complexity index is 642. The van der Waals surface area contributed by atoms with Crippen LogP contribution in [0.15, 0.2) is 30.3 Å². The van der Waals surface area contributed by atoms with Crippen molar-refractivity contribution in [3.63, 3.8) is 0 Å².